The van der Waals surface area contributed by atoms with E-state index in [1.807, 2.05) is 6.07 Å². The summed E-state index contributed by atoms with van der Waals surface area (Å²) >= 11 is 7.51. The average Bonchev–Trinajstić information content (AvgIpc) is 2.85. The topological polar surface area (TPSA) is 37.3 Å². The molecule has 2 rings (SSSR count). The molecular weight excluding hydrogens is 256 g/mol. The fraction of sp³-hybridized carbons (Fsp3) is 0.615. The highest BCUT2D eigenvalue weighted by Gasteiger charge is 2.35. The fourth-order valence-electron chi connectivity index (χ4n) is 2.84. The number of thiophene rings is 1. The second kappa shape index (κ2) is 5.40. The Kier molecular flexibility index (Phi) is 4.10. The van der Waals surface area contributed by atoms with Gasteiger partial charge in [-0.3, -0.25) is 4.79 Å². The lowest BCUT2D eigenvalue weighted by atomic mass is 9.78. The van der Waals surface area contributed by atoms with E-state index in [2.05, 4.69) is 6.07 Å². The monoisotopic (exact) mass is 272 g/mol. The highest BCUT2D eigenvalue weighted by Crippen LogP contribution is 2.45. The highest BCUT2D eigenvalue weighted by molar-refractivity contribution is 7.16. The molecule has 0 unspecified atom stereocenters. The molecule has 2 nitrogen and oxygen atoms in total. The van der Waals surface area contributed by atoms with Crippen LogP contribution in [-0.4, -0.2) is 11.1 Å². The number of hydrogen-bond acceptors (Lipinski definition) is 2. The summed E-state index contributed by atoms with van der Waals surface area (Å²) in [6.45, 7) is 0. The van der Waals surface area contributed by atoms with E-state index < -0.39 is 5.97 Å². The van der Waals surface area contributed by atoms with Gasteiger partial charge in [-0.25, -0.2) is 0 Å². The van der Waals surface area contributed by atoms with Crippen molar-refractivity contribution in [2.24, 2.45) is 5.41 Å². The molecule has 0 radical (unpaired) electrons. The molecule has 0 amide bonds. The van der Waals surface area contributed by atoms with E-state index in [9.17, 15) is 4.79 Å². The van der Waals surface area contributed by atoms with Crippen LogP contribution in [0.3, 0.4) is 0 Å². The second-order valence-corrected chi connectivity index (χ2v) is 6.78. The molecular formula is C13H17ClO2S. The minimum atomic E-state index is -0.656. The maximum Gasteiger partial charge on any atom is 0.303 e. The first-order valence-corrected chi connectivity index (χ1v) is 7.25. The summed E-state index contributed by atoms with van der Waals surface area (Å²) in [5.41, 5.74) is 0.0439. The van der Waals surface area contributed by atoms with Gasteiger partial charge in [-0.15, -0.1) is 11.3 Å². The number of rotatable bonds is 5. The molecule has 94 valence electrons. The zero-order chi connectivity index (χ0) is 12.3. The van der Waals surface area contributed by atoms with Gasteiger partial charge in [0.25, 0.3) is 0 Å². The van der Waals surface area contributed by atoms with Gasteiger partial charge in [0.2, 0.25) is 0 Å². The zero-order valence-electron chi connectivity index (χ0n) is 9.75. The van der Waals surface area contributed by atoms with Crippen molar-refractivity contribution in [2.45, 2.75) is 44.9 Å². The third kappa shape index (κ3) is 3.46. The van der Waals surface area contributed by atoms with E-state index in [0.717, 1.165) is 30.0 Å². The molecule has 0 aliphatic heterocycles. The Balaban J connectivity index is 1.96. The molecule has 1 aliphatic carbocycles. The average molecular weight is 273 g/mol. The van der Waals surface area contributed by atoms with Gasteiger partial charge in [0.15, 0.2) is 0 Å². The molecule has 4 heteroatoms. The Morgan fingerprint density at radius 1 is 1.41 bits per heavy atom. The SMILES string of the molecule is O=C(O)CC1(CCc2ccc(Cl)s2)CCCC1. The molecule has 1 aliphatic rings. The number of carboxylic acid groups (broad SMARTS) is 1. The van der Waals surface area contributed by atoms with Crippen molar-refractivity contribution in [1.82, 2.24) is 0 Å². The molecule has 0 saturated heterocycles. The number of aryl methyl sites for hydroxylation is 1. The van der Waals surface area contributed by atoms with E-state index in [-0.39, 0.29) is 5.41 Å². The van der Waals surface area contributed by atoms with Crippen LogP contribution in [0.1, 0.15) is 43.4 Å². The van der Waals surface area contributed by atoms with Crippen LogP contribution in [0.4, 0.5) is 0 Å². The van der Waals surface area contributed by atoms with Crippen molar-refractivity contribution in [3.63, 3.8) is 0 Å². The molecule has 1 N–H and O–H groups in total. The first kappa shape index (κ1) is 12.9. The van der Waals surface area contributed by atoms with Gasteiger partial charge >= 0.3 is 5.97 Å². The van der Waals surface area contributed by atoms with Crippen molar-refractivity contribution in [3.8, 4) is 0 Å². The van der Waals surface area contributed by atoms with E-state index in [4.69, 9.17) is 16.7 Å². The summed E-state index contributed by atoms with van der Waals surface area (Å²) in [5.74, 6) is -0.656. The molecule has 1 aromatic heterocycles. The first-order chi connectivity index (χ1) is 8.10. The Morgan fingerprint density at radius 2 is 2.12 bits per heavy atom. The van der Waals surface area contributed by atoms with Gasteiger partial charge < -0.3 is 5.11 Å². The summed E-state index contributed by atoms with van der Waals surface area (Å²) in [5, 5.41) is 9.02. The minimum absolute atomic E-state index is 0.0439. The lowest BCUT2D eigenvalue weighted by Gasteiger charge is -2.26. The summed E-state index contributed by atoms with van der Waals surface area (Å²) in [6, 6.07) is 3.97. The van der Waals surface area contributed by atoms with E-state index >= 15 is 0 Å². The van der Waals surface area contributed by atoms with Crippen LogP contribution in [0.25, 0.3) is 0 Å². The number of halogens is 1. The Bertz CT molecular complexity index is 394. The molecule has 1 heterocycles. The Morgan fingerprint density at radius 3 is 2.65 bits per heavy atom. The third-order valence-corrected chi connectivity index (χ3v) is 5.01. The van der Waals surface area contributed by atoms with Crippen LogP contribution >= 0.6 is 22.9 Å². The van der Waals surface area contributed by atoms with Crippen LogP contribution < -0.4 is 0 Å². The van der Waals surface area contributed by atoms with Crippen molar-refractivity contribution < 1.29 is 9.90 Å². The van der Waals surface area contributed by atoms with Gasteiger partial charge in [-0.2, -0.15) is 0 Å². The van der Waals surface area contributed by atoms with Crippen LogP contribution in [0, 0.1) is 5.41 Å². The van der Waals surface area contributed by atoms with Gasteiger partial charge in [0.05, 0.1) is 10.8 Å². The molecule has 1 saturated carbocycles. The maximum atomic E-state index is 11.0. The molecule has 0 bridgehead atoms. The van der Waals surface area contributed by atoms with Crippen LogP contribution in [0.2, 0.25) is 4.34 Å². The van der Waals surface area contributed by atoms with Crippen molar-refractivity contribution in [3.05, 3.63) is 21.3 Å². The van der Waals surface area contributed by atoms with Crippen LogP contribution in [0.15, 0.2) is 12.1 Å². The Hall–Kier alpha value is -0.540. The van der Waals surface area contributed by atoms with Gasteiger partial charge in [-0.05, 0) is 43.2 Å². The Labute approximate surface area is 111 Å². The standard InChI is InChI=1S/C13H17ClO2S/c14-11-4-3-10(17-11)5-8-13(9-12(15)16)6-1-2-7-13/h3-4H,1-2,5-9H2,(H,15,16). The maximum absolute atomic E-state index is 11.0. The number of carbonyl (C=O) groups is 1. The van der Waals surface area contributed by atoms with Crippen molar-refractivity contribution in [1.29, 1.82) is 0 Å². The highest BCUT2D eigenvalue weighted by atomic mass is 35.5. The van der Waals surface area contributed by atoms with Crippen molar-refractivity contribution in [2.75, 3.05) is 0 Å². The van der Waals surface area contributed by atoms with Crippen molar-refractivity contribution >= 4 is 28.9 Å². The first-order valence-electron chi connectivity index (χ1n) is 6.06. The molecule has 0 spiro atoms. The number of hydrogen-bond donors (Lipinski definition) is 1. The molecule has 0 atom stereocenters. The van der Waals surface area contributed by atoms with Gasteiger partial charge in [-0.1, -0.05) is 24.4 Å². The van der Waals surface area contributed by atoms with Crippen LogP contribution in [-0.2, 0) is 11.2 Å². The summed E-state index contributed by atoms with van der Waals surface area (Å²) in [6.07, 6.45) is 6.76. The molecule has 17 heavy (non-hydrogen) atoms. The lowest BCUT2D eigenvalue weighted by Crippen LogP contribution is -2.21. The number of carboxylic acids is 1. The third-order valence-electron chi connectivity index (χ3n) is 3.72. The van der Waals surface area contributed by atoms with E-state index in [0.29, 0.717) is 6.42 Å². The largest absolute Gasteiger partial charge is 0.481 e. The number of aliphatic carboxylic acids is 1. The molecule has 1 fully saturated rings. The summed E-state index contributed by atoms with van der Waals surface area (Å²) in [7, 11) is 0. The predicted molar refractivity (Wildman–Crippen MR) is 70.8 cm³/mol. The molecule has 0 aromatic carbocycles. The predicted octanol–water partition coefficient (Wildman–Crippen LogP) is 4.37. The second-order valence-electron chi connectivity index (χ2n) is 4.98. The van der Waals surface area contributed by atoms with Crippen LogP contribution in [0.5, 0.6) is 0 Å². The quantitative estimate of drug-likeness (QED) is 0.864. The minimum Gasteiger partial charge on any atom is -0.481 e. The zero-order valence-corrected chi connectivity index (χ0v) is 11.3. The lowest BCUT2D eigenvalue weighted by molar-refractivity contribution is -0.139. The smallest absolute Gasteiger partial charge is 0.303 e. The fourth-order valence-corrected chi connectivity index (χ4v) is 3.92. The van der Waals surface area contributed by atoms with Gasteiger partial charge in [0.1, 0.15) is 0 Å². The van der Waals surface area contributed by atoms with E-state index in [1.165, 1.54) is 17.7 Å². The molecule has 1 aromatic rings. The van der Waals surface area contributed by atoms with E-state index in [1.54, 1.807) is 11.3 Å². The summed E-state index contributed by atoms with van der Waals surface area (Å²) in [4.78, 5) is 12.2. The normalized spacial score (nSPS) is 18.4. The van der Waals surface area contributed by atoms with Gasteiger partial charge in [0, 0.05) is 4.88 Å². The summed E-state index contributed by atoms with van der Waals surface area (Å²) < 4.78 is 0.818.